The van der Waals surface area contributed by atoms with Crippen molar-refractivity contribution in [2.24, 2.45) is 0 Å². The zero-order valence-electron chi connectivity index (χ0n) is 10.4. The molecule has 1 saturated heterocycles. The molecule has 1 aromatic heterocycles. The number of nitrogens with two attached hydrogens (primary N) is 1. The average Bonchev–Trinajstić information content (AvgIpc) is 2.34. The SMILES string of the molecule is Cc1nc(N2CCCCC2CCO)ccc1N. The van der Waals surface area contributed by atoms with Gasteiger partial charge in [0.05, 0.1) is 11.4 Å². The lowest BCUT2D eigenvalue weighted by atomic mass is 9.99. The van der Waals surface area contributed by atoms with E-state index in [4.69, 9.17) is 10.8 Å². The molecule has 1 atom stereocenters. The highest BCUT2D eigenvalue weighted by Crippen LogP contribution is 2.26. The van der Waals surface area contributed by atoms with Gasteiger partial charge in [-0.2, -0.15) is 0 Å². The maximum absolute atomic E-state index is 9.11. The predicted octanol–water partition coefficient (Wildman–Crippen LogP) is 1.71. The van der Waals surface area contributed by atoms with Crippen molar-refractivity contribution in [1.29, 1.82) is 0 Å². The molecular weight excluding hydrogens is 214 g/mol. The van der Waals surface area contributed by atoms with Gasteiger partial charge in [0.25, 0.3) is 0 Å². The van der Waals surface area contributed by atoms with Gasteiger partial charge in [0.2, 0.25) is 0 Å². The Balaban J connectivity index is 2.20. The molecule has 2 heterocycles. The summed E-state index contributed by atoms with van der Waals surface area (Å²) < 4.78 is 0. The van der Waals surface area contributed by atoms with Crippen molar-refractivity contribution < 1.29 is 5.11 Å². The fourth-order valence-corrected chi connectivity index (χ4v) is 2.47. The van der Waals surface area contributed by atoms with Gasteiger partial charge in [-0.05, 0) is 44.7 Å². The number of hydrogen-bond acceptors (Lipinski definition) is 4. The van der Waals surface area contributed by atoms with Gasteiger partial charge in [-0.25, -0.2) is 4.98 Å². The second-order valence-electron chi connectivity index (χ2n) is 4.70. The first-order chi connectivity index (χ1) is 8.22. The summed E-state index contributed by atoms with van der Waals surface area (Å²) in [6.07, 6.45) is 4.42. The average molecular weight is 235 g/mol. The molecule has 1 aliphatic heterocycles. The molecule has 0 bridgehead atoms. The third-order valence-corrected chi connectivity index (χ3v) is 3.50. The van der Waals surface area contributed by atoms with Crippen molar-refractivity contribution in [3.8, 4) is 0 Å². The molecule has 2 rings (SSSR count). The van der Waals surface area contributed by atoms with Gasteiger partial charge >= 0.3 is 0 Å². The molecule has 3 N–H and O–H groups in total. The van der Waals surface area contributed by atoms with E-state index in [0.29, 0.717) is 6.04 Å². The monoisotopic (exact) mass is 235 g/mol. The zero-order chi connectivity index (χ0) is 12.3. The Labute approximate surface area is 102 Å². The van der Waals surface area contributed by atoms with E-state index >= 15 is 0 Å². The Morgan fingerprint density at radius 3 is 3.00 bits per heavy atom. The van der Waals surface area contributed by atoms with Crippen LogP contribution in [0.25, 0.3) is 0 Å². The quantitative estimate of drug-likeness (QED) is 0.837. The van der Waals surface area contributed by atoms with Gasteiger partial charge in [0, 0.05) is 19.2 Å². The molecule has 1 unspecified atom stereocenters. The number of pyridine rings is 1. The molecule has 4 heteroatoms. The van der Waals surface area contributed by atoms with Gasteiger partial charge in [0.1, 0.15) is 5.82 Å². The normalized spacial score (nSPS) is 20.6. The van der Waals surface area contributed by atoms with Crippen LogP contribution in [0.15, 0.2) is 12.1 Å². The van der Waals surface area contributed by atoms with E-state index < -0.39 is 0 Å². The van der Waals surface area contributed by atoms with E-state index in [0.717, 1.165) is 36.6 Å². The molecule has 94 valence electrons. The van der Waals surface area contributed by atoms with Gasteiger partial charge in [-0.3, -0.25) is 0 Å². The lowest BCUT2D eigenvalue weighted by Crippen LogP contribution is -2.40. The smallest absolute Gasteiger partial charge is 0.129 e. The number of hydrogen-bond donors (Lipinski definition) is 2. The van der Waals surface area contributed by atoms with Crippen LogP contribution >= 0.6 is 0 Å². The van der Waals surface area contributed by atoms with E-state index in [1.807, 2.05) is 19.1 Å². The summed E-state index contributed by atoms with van der Waals surface area (Å²) in [7, 11) is 0. The number of rotatable bonds is 3. The molecule has 4 nitrogen and oxygen atoms in total. The van der Waals surface area contributed by atoms with Gasteiger partial charge in [-0.1, -0.05) is 0 Å². The number of piperidine rings is 1. The van der Waals surface area contributed by atoms with Crippen LogP contribution in [-0.4, -0.2) is 29.3 Å². The van der Waals surface area contributed by atoms with Crippen molar-refractivity contribution in [3.63, 3.8) is 0 Å². The molecule has 0 aliphatic carbocycles. The van der Waals surface area contributed by atoms with Gasteiger partial charge in [-0.15, -0.1) is 0 Å². The number of aliphatic hydroxyl groups is 1. The number of aromatic nitrogens is 1. The van der Waals surface area contributed by atoms with Crippen molar-refractivity contribution >= 4 is 11.5 Å². The van der Waals surface area contributed by atoms with Crippen LogP contribution in [0.2, 0.25) is 0 Å². The van der Waals surface area contributed by atoms with Crippen LogP contribution in [0.1, 0.15) is 31.4 Å². The molecule has 0 radical (unpaired) electrons. The topological polar surface area (TPSA) is 62.4 Å². The van der Waals surface area contributed by atoms with Crippen molar-refractivity contribution in [2.45, 2.75) is 38.6 Å². The Morgan fingerprint density at radius 1 is 1.47 bits per heavy atom. The third-order valence-electron chi connectivity index (χ3n) is 3.50. The number of nitrogen functional groups attached to an aromatic ring is 1. The fraction of sp³-hybridized carbons (Fsp3) is 0.615. The number of aryl methyl sites for hydroxylation is 1. The first-order valence-electron chi connectivity index (χ1n) is 6.33. The number of aliphatic hydroxyl groups excluding tert-OH is 1. The summed E-state index contributed by atoms with van der Waals surface area (Å²) >= 11 is 0. The van der Waals surface area contributed by atoms with Crippen LogP contribution in [0.5, 0.6) is 0 Å². The van der Waals surface area contributed by atoms with E-state index in [1.54, 1.807) is 0 Å². The summed E-state index contributed by atoms with van der Waals surface area (Å²) in [5.74, 6) is 0.995. The summed E-state index contributed by atoms with van der Waals surface area (Å²) in [6.45, 7) is 3.21. The maximum Gasteiger partial charge on any atom is 0.129 e. The summed E-state index contributed by atoms with van der Waals surface area (Å²) in [4.78, 5) is 6.86. The summed E-state index contributed by atoms with van der Waals surface area (Å²) in [6, 6.07) is 4.32. The molecule has 0 spiro atoms. The Morgan fingerprint density at radius 2 is 2.29 bits per heavy atom. The lowest BCUT2D eigenvalue weighted by molar-refractivity contribution is 0.262. The first kappa shape index (κ1) is 12.2. The minimum atomic E-state index is 0.245. The summed E-state index contributed by atoms with van der Waals surface area (Å²) in [5, 5.41) is 9.11. The molecule has 1 aromatic rings. The molecule has 1 fully saturated rings. The van der Waals surface area contributed by atoms with Gasteiger partial charge < -0.3 is 15.7 Å². The van der Waals surface area contributed by atoms with Crippen LogP contribution < -0.4 is 10.6 Å². The largest absolute Gasteiger partial charge is 0.397 e. The highest BCUT2D eigenvalue weighted by atomic mass is 16.3. The van der Waals surface area contributed by atoms with E-state index in [-0.39, 0.29) is 6.61 Å². The van der Waals surface area contributed by atoms with Crippen LogP contribution in [-0.2, 0) is 0 Å². The van der Waals surface area contributed by atoms with Crippen molar-refractivity contribution in [1.82, 2.24) is 4.98 Å². The maximum atomic E-state index is 9.11. The molecule has 0 aromatic carbocycles. The van der Waals surface area contributed by atoms with Crippen molar-refractivity contribution in [3.05, 3.63) is 17.8 Å². The highest BCUT2D eigenvalue weighted by Gasteiger charge is 2.23. The lowest BCUT2D eigenvalue weighted by Gasteiger charge is -2.36. The Hall–Kier alpha value is -1.29. The second kappa shape index (κ2) is 5.36. The van der Waals surface area contributed by atoms with E-state index in [9.17, 15) is 0 Å². The standard InChI is InChI=1S/C13H21N3O/c1-10-12(14)5-6-13(15-10)16-8-3-2-4-11(16)7-9-17/h5-6,11,17H,2-4,7-9,14H2,1H3. The fourth-order valence-electron chi connectivity index (χ4n) is 2.47. The van der Waals surface area contributed by atoms with Crippen LogP contribution in [0.3, 0.4) is 0 Å². The molecule has 0 amide bonds. The second-order valence-corrected chi connectivity index (χ2v) is 4.70. The predicted molar refractivity (Wildman–Crippen MR) is 70.1 cm³/mol. The number of anilines is 2. The Bertz CT molecular complexity index is 379. The minimum absolute atomic E-state index is 0.245. The van der Waals surface area contributed by atoms with Crippen molar-refractivity contribution in [2.75, 3.05) is 23.8 Å². The highest BCUT2D eigenvalue weighted by molar-refractivity contribution is 5.51. The molecular formula is C13H21N3O. The van der Waals surface area contributed by atoms with E-state index in [2.05, 4.69) is 9.88 Å². The van der Waals surface area contributed by atoms with Crippen LogP contribution in [0.4, 0.5) is 11.5 Å². The van der Waals surface area contributed by atoms with E-state index in [1.165, 1.54) is 12.8 Å². The molecule has 0 saturated carbocycles. The number of nitrogens with zero attached hydrogens (tertiary/aromatic N) is 2. The Kier molecular flexibility index (Phi) is 3.84. The molecule has 17 heavy (non-hydrogen) atoms. The molecule has 1 aliphatic rings. The third kappa shape index (κ3) is 2.69. The summed E-state index contributed by atoms with van der Waals surface area (Å²) in [5.41, 5.74) is 7.42. The first-order valence-corrected chi connectivity index (χ1v) is 6.33. The zero-order valence-corrected chi connectivity index (χ0v) is 10.4. The van der Waals surface area contributed by atoms with Crippen LogP contribution in [0, 0.1) is 6.92 Å². The minimum Gasteiger partial charge on any atom is -0.397 e. The van der Waals surface area contributed by atoms with Gasteiger partial charge in [0.15, 0.2) is 0 Å².